The Morgan fingerprint density at radius 2 is 1.86 bits per heavy atom. The van der Waals surface area contributed by atoms with Crippen LogP contribution in [0.2, 0.25) is 0 Å². The van der Waals surface area contributed by atoms with Gasteiger partial charge in [0.15, 0.2) is 0 Å². The lowest BCUT2D eigenvalue weighted by Crippen LogP contribution is -2.06. The zero-order chi connectivity index (χ0) is 15.5. The Balaban J connectivity index is 1.99. The van der Waals surface area contributed by atoms with Crippen LogP contribution in [0.3, 0.4) is 0 Å². The molecular formula is C18H19N3O. The van der Waals surface area contributed by atoms with Gasteiger partial charge in [0.2, 0.25) is 0 Å². The summed E-state index contributed by atoms with van der Waals surface area (Å²) >= 11 is 0. The van der Waals surface area contributed by atoms with Crippen LogP contribution in [0.4, 0.5) is 5.82 Å². The van der Waals surface area contributed by atoms with E-state index < -0.39 is 0 Å². The van der Waals surface area contributed by atoms with Crippen molar-refractivity contribution in [2.75, 3.05) is 12.8 Å². The molecule has 112 valence electrons. The third-order valence-corrected chi connectivity index (χ3v) is 3.70. The summed E-state index contributed by atoms with van der Waals surface area (Å²) in [6.45, 7) is 2.64. The molecule has 0 fully saturated rings. The van der Waals surface area contributed by atoms with Crippen molar-refractivity contribution in [2.24, 2.45) is 0 Å². The third kappa shape index (κ3) is 2.68. The number of methoxy groups -OCH3 is 1. The molecule has 0 unspecified atom stereocenters. The molecule has 4 heteroatoms. The highest BCUT2D eigenvalue weighted by atomic mass is 16.5. The van der Waals surface area contributed by atoms with Crippen molar-refractivity contribution in [3.63, 3.8) is 0 Å². The van der Waals surface area contributed by atoms with Crippen molar-refractivity contribution in [1.29, 1.82) is 0 Å². The van der Waals surface area contributed by atoms with Crippen molar-refractivity contribution < 1.29 is 4.74 Å². The molecule has 1 aromatic heterocycles. The summed E-state index contributed by atoms with van der Waals surface area (Å²) in [5.74, 6) is 1.49. The molecule has 2 aromatic carbocycles. The Morgan fingerprint density at radius 3 is 2.59 bits per heavy atom. The number of benzene rings is 2. The standard InChI is InChI=1S/C18H19N3O/c1-13-17(15-9-6-10-16(11-15)22-2)18(19)21(20-13)12-14-7-4-3-5-8-14/h3-11H,12,19H2,1-2H3. The zero-order valence-electron chi connectivity index (χ0n) is 12.8. The third-order valence-electron chi connectivity index (χ3n) is 3.70. The van der Waals surface area contributed by atoms with Crippen LogP contribution in [0.1, 0.15) is 11.3 Å². The molecule has 0 saturated heterocycles. The van der Waals surface area contributed by atoms with Gasteiger partial charge >= 0.3 is 0 Å². The average Bonchev–Trinajstić information content (AvgIpc) is 2.82. The van der Waals surface area contributed by atoms with Gasteiger partial charge in [-0.3, -0.25) is 0 Å². The number of hydrogen-bond donors (Lipinski definition) is 1. The number of hydrogen-bond acceptors (Lipinski definition) is 3. The van der Waals surface area contributed by atoms with Gasteiger partial charge in [-0.05, 0) is 30.2 Å². The van der Waals surface area contributed by atoms with Crippen molar-refractivity contribution >= 4 is 5.82 Å². The molecule has 4 nitrogen and oxygen atoms in total. The minimum Gasteiger partial charge on any atom is -0.497 e. The topological polar surface area (TPSA) is 53.1 Å². The quantitative estimate of drug-likeness (QED) is 0.801. The first kappa shape index (κ1) is 14.2. The normalized spacial score (nSPS) is 10.6. The molecule has 2 N–H and O–H groups in total. The van der Waals surface area contributed by atoms with Gasteiger partial charge in [0.05, 0.1) is 19.3 Å². The molecule has 0 spiro atoms. The molecule has 0 aliphatic rings. The lowest BCUT2D eigenvalue weighted by molar-refractivity contribution is 0.415. The number of nitrogens with zero attached hydrogens (tertiary/aromatic N) is 2. The van der Waals surface area contributed by atoms with Crippen LogP contribution >= 0.6 is 0 Å². The van der Waals surface area contributed by atoms with E-state index in [2.05, 4.69) is 17.2 Å². The predicted octanol–water partition coefficient (Wildman–Crippen LogP) is 3.50. The van der Waals surface area contributed by atoms with Crippen LogP contribution < -0.4 is 10.5 Å². The smallest absolute Gasteiger partial charge is 0.130 e. The first-order valence-corrected chi connectivity index (χ1v) is 7.20. The van der Waals surface area contributed by atoms with E-state index >= 15 is 0 Å². The van der Waals surface area contributed by atoms with Gasteiger partial charge in [0, 0.05) is 5.56 Å². The highest BCUT2D eigenvalue weighted by molar-refractivity contribution is 5.77. The Labute approximate surface area is 130 Å². The van der Waals surface area contributed by atoms with E-state index in [-0.39, 0.29) is 0 Å². The van der Waals surface area contributed by atoms with Crippen molar-refractivity contribution in [3.05, 3.63) is 65.9 Å². The van der Waals surface area contributed by atoms with E-state index in [1.807, 2.05) is 54.1 Å². The minimum absolute atomic E-state index is 0.664. The van der Waals surface area contributed by atoms with E-state index in [0.29, 0.717) is 12.4 Å². The average molecular weight is 293 g/mol. The van der Waals surface area contributed by atoms with Crippen LogP contribution in [0, 0.1) is 6.92 Å². The minimum atomic E-state index is 0.664. The summed E-state index contributed by atoms with van der Waals surface area (Å²) in [4.78, 5) is 0. The molecule has 0 radical (unpaired) electrons. The van der Waals surface area contributed by atoms with E-state index in [0.717, 1.165) is 22.6 Å². The molecular weight excluding hydrogens is 274 g/mol. The Morgan fingerprint density at radius 1 is 1.09 bits per heavy atom. The van der Waals surface area contributed by atoms with Crippen molar-refractivity contribution in [2.45, 2.75) is 13.5 Å². The van der Waals surface area contributed by atoms with Crippen LogP contribution in [0.15, 0.2) is 54.6 Å². The SMILES string of the molecule is COc1cccc(-c2c(C)nn(Cc3ccccc3)c2N)c1. The van der Waals surface area contributed by atoms with Crippen LogP contribution in [0.25, 0.3) is 11.1 Å². The van der Waals surface area contributed by atoms with Crippen molar-refractivity contribution in [3.8, 4) is 16.9 Å². The molecule has 0 atom stereocenters. The second-order valence-corrected chi connectivity index (χ2v) is 5.22. The lowest BCUT2D eigenvalue weighted by atomic mass is 10.1. The predicted molar refractivity (Wildman–Crippen MR) is 88.9 cm³/mol. The first-order valence-electron chi connectivity index (χ1n) is 7.20. The van der Waals surface area contributed by atoms with E-state index in [1.54, 1.807) is 7.11 Å². The monoisotopic (exact) mass is 293 g/mol. The summed E-state index contributed by atoms with van der Waals surface area (Å²) in [5, 5.41) is 4.59. The number of anilines is 1. The maximum Gasteiger partial charge on any atom is 0.130 e. The van der Waals surface area contributed by atoms with Crippen molar-refractivity contribution in [1.82, 2.24) is 9.78 Å². The molecule has 0 aliphatic heterocycles. The van der Waals surface area contributed by atoms with Crippen LogP contribution in [-0.2, 0) is 6.54 Å². The van der Waals surface area contributed by atoms with E-state index in [4.69, 9.17) is 10.5 Å². The van der Waals surface area contributed by atoms with Gasteiger partial charge in [-0.15, -0.1) is 0 Å². The summed E-state index contributed by atoms with van der Waals surface area (Å²) in [7, 11) is 1.66. The maximum absolute atomic E-state index is 6.34. The molecule has 0 amide bonds. The van der Waals surface area contributed by atoms with E-state index in [1.165, 1.54) is 5.56 Å². The number of nitrogens with two attached hydrogens (primary N) is 1. The Bertz CT molecular complexity index is 778. The summed E-state index contributed by atoms with van der Waals surface area (Å²) in [6, 6.07) is 18.1. The highest BCUT2D eigenvalue weighted by Gasteiger charge is 2.15. The fraction of sp³-hybridized carbons (Fsp3) is 0.167. The Kier molecular flexibility index (Phi) is 3.83. The molecule has 22 heavy (non-hydrogen) atoms. The molecule has 3 rings (SSSR count). The summed E-state index contributed by atoms with van der Waals surface area (Å²) in [6.07, 6.45) is 0. The number of aromatic nitrogens is 2. The molecule has 0 bridgehead atoms. The second kappa shape index (κ2) is 5.93. The highest BCUT2D eigenvalue weighted by Crippen LogP contribution is 2.31. The van der Waals surface area contributed by atoms with Crippen LogP contribution in [0.5, 0.6) is 5.75 Å². The second-order valence-electron chi connectivity index (χ2n) is 5.22. The largest absolute Gasteiger partial charge is 0.497 e. The molecule has 1 heterocycles. The number of nitrogen functional groups attached to an aromatic ring is 1. The Hall–Kier alpha value is -2.75. The van der Waals surface area contributed by atoms with Gasteiger partial charge in [-0.25, -0.2) is 4.68 Å². The summed E-state index contributed by atoms with van der Waals surface area (Å²) in [5.41, 5.74) is 10.4. The summed E-state index contributed by atoms with van der Waals surface area (Å²) < 4.78 is 7.14. The van der Waals surface area contributed by atoms with Gasteiger partial charge < -0.3 is 10.5 Å². The van der Waals surface area contributed by atoms with Crippen LogP contribution in [-0.4, -0.2) is 16.9 Å². The fourth-order valence-corrected chi connectivity index (χ4v) is 2.61. The molecule has 0 saturated carbocycles. The molecule has 0 aliphatic carbocycles. The lowest BCUT2D eigenvalue weighted by Gasteiger charge is -2.07. The number of ether oxygens (including phenoxy) is 1. The fourth-order valence-electron chi connectivity index (χ4n) is 2.61. The van der Waals surface area contributed by atoms with E-state index in [9.17, 15) is 0 Å². The molecule has 3 aromatic rings. The van der Waals surface area contributed by atoms with Gasteiger partial charge in [-0.2, -0.15) is 5.10 Å². The van der Waals surface area contributed by atoms with Gasteiger partial charge in [-0.1, -0.05) is 42.5 Å². The maximum atomic E-state index is 6.34. The first-order chi connectivity index (χ1) is 10.7. The van der Waals surface area contributed by atoms with Gasteiger partial charge in [0.25, 0.3) is 0 Å². The number of rotatable bonds is 4. The zero-order valence-corrected chi connectivity index (χ0v) is 12.8. The number of aryl methyl sites for hydroxylation is 1. The van der Waals surface area contributed by atoms with Gasteiger partial charge in [0.1, 0.15) is 11.6 Å².